The monoisotopic (exact) mass is 275 g/mol. The number of nitrogens with zero attached hydrogens (tertiary/aromatic N) is 2. The van der Waals surface area contributed by atoms with Gasteiger partial charge in [0, 0.05) is 18.4 Å². The van der Waals surface area contributed by atoms with E-state index < -0.39 is 6.04 Å². The van der Waals surface area contributed by atoms with Crippen LogP contribution in [-0.2, 0) is 9.59 Å². The van der Waals surface area contributed by atoms with E-state index in [0.29, 0.717) is 0 Å². The van der Waals surface area contributed by atoms with Crippen LogP contribution < -0.4 is 5.43 Å². The van der Waals surface area contributed by atoms with Gasteiger partial charge in [-0.3, -0.25) is 19.2 Å². The van der Waals surface area contributed by atoms with Crippen molar-refractivity contribution in [2.24, 2.45) is 0 Å². The molecule has 1 saturated heterocycles. The minimum absolute atomic E-state index is 0.0217. The highest BCUT2D eigenvalue weighted by atomic mass is 16.2. The van der Waals surface area contributed by atoms with Crippen LogP contribution in [0.4, 0.5) is 0 Å². The van der Waals surface area contributed by atoms with Crippen molar-refractivity contribution < 1.29 is 9.59 Å². The van der Waals surface area contributed by atoms with E-state index in [0.717, 1.165) is 25.7 Å². The lowest BCUT2D eigenvalue weighted by Crippen LogP contribution is -2.43. The number of aromatic nitrogens is 1. The fraction of sp³-hybridized carbons (Fsp3) is 0.600. The molecule has 1 aromatic heterocycles. The summed E-state index contributed by atoms with van der Waals surface area (Å²) in [6.07, 6.45) is 10.6. The number of hydrogen-bond acceptors (Lipinski definition) is 3. The number of rotatable bonds is 3. The van der Waals surface area contributed by atoms with Crippen LogP contribution in [0.2, 0.25) is 0 Å². The summed E-state index contributed by atoms with van der Waals surface area (Å²) < 4.78 is 1.74. The molecular formula is C15H21N3O2. The molecule has 2 aliphatic rings. The number of amides is 2. The Morgan fingerprint density at radius 2 is 1.65 bits per heavy atom. The van der Waals surface area contributed by atoms with Gasteiger partial charge < -0.3 is 5.43 Å². The van der Waals surface area contributed by atoms with E-state index >= 15 is 0 Å². The second-order valence-electron chi connectivity index (χ2n) is 5.72. The average Bonchev–Trinajstić information content (AvgIpc) is 2.92. The van der Waals surface area contributed by atoms with Crippen LogP contribution >= 0.6 is 0 Å². The third-order valence-corrected chi connectivity index (χ3v) is 4.28. The maximum absolute atomic E-state index is 12.5. The van der Waals surface area contributed by atoms with Gasteiger partial charge in [-0.2, -0.15) is 0 Å². The Kier molecular flexibility index (Phi) is 3.76. The first-order valence-electron chi connectivity index (χ1n) is 7.51. The van der Waals surface area contributed by atoms with Crippen molar-refractivity contribution >= 4 is 11.8 Å². The summed E-state index contributed by atoms with van der Waals surface area (Å²) in [7, 11) is 0. The van der Waals surface area contributed by atoms with E-state index in [4.69, 9.17) is 0 Å². The van der Waals surface area contributed by atoms with Gasteiger partial charge >= 0.3 is 0 Å². The molecule has 1 atom stereocenters. The van der Waals surface area contributed by atoms with Crippen LogP contribution in [0.25, 0.3) is 0 Å². The Hall–Kier alpha value is -1.78. The van der Waals surface area contributed by atoms with Crippen molar-refractivity contribution in [3.05, 3.63) is 24.5 Å². The fourth-order valence-electron chi connectivity index (χ4n) is 3.25. The van der Waals surface area contributed by atoms with Crippen LogP contribution in [0.1, 0.15) is 44.9 Å². The zero-order valence-corrected chi connectivity index (χ0v) is 11.6. The zero-order chi connectivity index (χ0) is 13.9. The Bertz CT molecular complexity index is 475. The van der Waals surface area contributed by atoms with Crippen molar-refractivity contribution in [2.45, 2.75) is 57.0 Å². The van der Waals surface area contributed by atoms with Crippen molar-refractivity contribution in [1.29, 1.82) is 0 Å². The van der Waals surface area contributed by atoms with Crippen molar-refractivity contribution in [1.82, 2.24) is 9.58 Å². The highest BCUT2D eigenvalue weighted by Gasteiger charge is 2.42. The van der Waals surface area contributed by atoms with Crippen LogP contribution in [-0.4, -0.2) is 33.5 Å². The lowest BCUT2D eigenvalue weighted by molar-refractivity contribution is -0.141. The van der Waals surface area contributed by atoms with Crippen molar-refractivity contribution in [3.8, 4) is 0 Å². The molecule has 108 valence electrons. The quantitative estimate of drug-likeness (QED) is 0.677. The van der Waals surface area contributed by atoms with E-state index in [-0.39, 0.29) is 24.3 Å². The van der Waals surface area contributed by atoms with E-state index in [1.54, 1.807) is 4.68 Å². The first-order chi connectivity index (χ1) is 9.75. The van der Waals surface area contributed by atoms with Gasteiger partial charge in [0.05, 0.1) is 6.42 Å². The van der Waals surface area contributed by atoms with Gasteiger partial charge in [0.2, 0.25) is 5.91 Å². The standard InChI is InChI=1S/C15H21N3O2/c19-14-11-13(16-17-9-5-6-10-17)15(20)18(14)12-7-3-1-2-4-8-12/h5-6,9-10,12-13,16H,1-4,7-8,11H2. The first kappa shape index (κ1) is 13.2. The molecule has 1 aliphatic carbocycles. The molecule has 1 aliphatic heterocycles. The SMILES string of the molecule is O=C1CC(Nn2cccc2)C(=O)N1C1CCCCCC1. The summed E-state index contributed by atoms with van der Waals surface area (Å²) in [6.45, 7) is 0. The Balaban J connectivity index is 1.69. The zero-order valence-electron chi connectivity index (χ0n) is 11.6. The van der Waals surface area contributed by atoms with E-state index in [2.05, 4.69) is 5.43 Å². The molecule has 0 radical (unpaired) electrons. The first-order valence-corrected chi connectivity index (χ1v) is 7.51. The molecule has 0 bridgehead atoms. The van der Waals surface area contributed by atoms with Gasteiger partial charge in [0.1, 0.15) is 6.04 Å². The van der Waals surface area contributed by atoms with Gasteiger partial charge in [-0.15, -0.1) is 0 Å². The molecule has 3 rings (SSSR count). The summed E-state index contributed by atoms with van der Waals surface area (Å²) in [4.78, 5) is 26.2. The van der Waals surface area contributed by atoms with E-state index in [1.165, 1.54) is 17.7 Å². The van der Waals surface area contributed by atoms with Crippen LogP contribution in [0.5, 0.6) is 0 Å². The molecule has 1 N–H and O–H groups in total. The molecule has 0 spiro atoms. The lowest BCUT2D eigenvalue weighted by Gasteiger charge is -2.25. The van der Waals surface area contributed by atoms with Crippen molar-refractivity contribution in [3.63, 3.8) is 0 Å². The van der Waals surface area contributed by atoms with Gasteiger partial charge in [-0.05, 0) is 25.0 Å². The number of carbonyl (C=O) groups excluding carboxylic acids is 2. The second-order valence-corrected chi connectivity index (χ2v) is 5.72. The largest absolute Gasteiger partial charge is 0.313 e. The molecule has 1 aromatic rings. The van der Waals surface area contributed by atoms with Crippen LogP contribution in [0.15, 0.2) is 24.5 Å². The highest BCUT2D eigenvalue weighted by Crippen LogP contribution is 2.26. The molecule has 2 fully saturated rings. The maximum Gasteiger partial charge on any atom is 0.254 e. The Morgan fingerprint density at radius 1 is 1.00 bits per heavy atom. The lowest BCUT2D eigenvalue weighted by atomic mass is 10.1. The second kappa shape index (κ2) is 5.69. The number of carbonyl (C=O) groups is 2. The predicted molar refractivity (Wildman–Crippen MR) is 75.5 cm³/mol. The smallest absolute Gasteiger partial charge is 0.254 e. The minimum atomic E-state index is -0.418. The van der Waals surface area contributed by atoms with E-state index in [1.807, 2.05) is 24.5 Å². The van der Waals surface area contributed by atoms with Crippen LogP contribution in [0.3, 0.4) is 0 Å². The predicted octanol–water partition coefficient (Wildman–Crippen LogP) is 1.88. The number of imide groups is 1. The molecule has 2 heterocycles. The molecule has 20 heavy (non-hydrogen) atoms. The number of hydrogen-bond donors (Lipinski definition) is 1. The summed E-state index contributed by atoms with van der Waals surface area (Å²) in [5, 5.41) is 0. The van der Waals surface area contributed by atoms with Crippen LogP contribution in [0, 0.1) is 0 Å². The summed E-state index contributed by atoms with van der Waals surface area (Å²) >= 11 is 0. The molecule has 1 unspecified atom stereocenters. The molecule has 1 saturated carbocycles. The molecular weight excluding hydrogens is 254 g/mol. The topological polar surface area (TPSA) is 54.3 Å². The molecule has 5 nitrogen and oxygen atoms in total. The Morgan fingerprint density at radius 3 is 2.30 bits per heavy atom. The van der Waals surface area contributed by atoms with Gasteiger partial charge in [0.15, 0.2) is 0 Å². The number of nitrogens with one attached hydrogen (secondary N) is 1. The third-order valence-electron chi connectivity index (χ3n) is 4.28. The normalized spacial score (nSPS) is 25.0. The summed E-state index contributed by atoms with van der Waals surface area (Å²) in [5.41, 5.74) is 3.09. The number of likely N-dealkylation sites (tertiary alicyclic amines) is 1. The molecule has 0 aromatic carbocycles. The minimum Gasteiger partial charge on any atom is -0.313 e. The van der Waals surface area contributed by atoms with Gasteiger partial charge in [-0.1, -0.05) is 25.7 Å². The molecule has 5 heteroatoms. The maximum atomic E-state index is 12.5. The average molecular weight is 275 g/mol. The fourth-order valence-corrected chi connectivity index (χ4v) is 3.25. The Labute approximate surface area is 118 Å². The van der Waals surface area contributed by atoms with E-state index in [9.17, 15) is 9.59 Å². The molecule has 2 amide bonds. The third kappa shape index (κ3) is 2.57. The summed E-state index contributed by atoms with van der Waals surface area (Å²) in [6, 6.07) is 3.47. The summed E-state index contributed by atoms with van der Waals surface area (Å²) in [5.74, 6) is -0.0813. The van der Waals surface area contributed by atoms with Crippen molar-refractivity contribution in [2.75, 3.05) is 5.43 Å². The highest BCUT2D eigenvalue weighted by molar-refractivity contribution is 6.06. The van der Waals surface area contributed by atoms with Gasteiger partial charge in [0.25, 0.3) is 5.91 Å². The van der Waals surface area contributed by atoms with Gasteiger partial charge in [-0.25, -0.2) is 0 Å².